The van der Waals surface area contributed by atoms with E-state index in [0.29, 0.717) is 18.1 Å². The Morgan fingerprint density at radius 2 is 2.24 bits per heavy atom. The molecule has 0 spiro atoms. The highest BCUT2D eigenvalue weighted by Crippen LogP contribution is 2.17. The molecule has 1 heterocycles. The molecule has 2 rings (SSSR count). The smallest absolute Gasteiger partial charge is 0.254 e. The quantitative estimate of drug-likeness (QED) is 0.929. The number of rotatable bonds is 4. The van der Waals surface area contributed by atoms with Crippen LogP contribution in [0.25, 0.3) is 0 Å². The average molecular weight is 313 g/mol. The number of halogens is 1. The fraction of sp³-hybridized carbons (Fsp3) is 0.562. The molecule has 1 atom stereocenters. The zero-order valence-corrected chi connectivity index (χ0v) is 13.8. The minimum atomic E-state index is 0. The summed E-state index contributed by atoms with van der Waals surface area (Å²) in [5, 5.41) is 3.30. The number of benzene rings is 1. The molecule has 0 aliphatic carbocycles. The van der Waals surface area contributed by atoms with E-state index in [-0.39, 0.29) is 24.4 Å². The molecule has 1 unspecified atom stereocenters. The van der Waals surface area contributed by atoms with Crippen molar-refractivity contribution >= 4 is 18.3 Å². The highest BCUT2D eigenvalue weighted by Gasteiger charge is 2.24. The highest BCUT2D eigenvalue weighted by molar-refractivity contribution is 5.94. The number of carbonyl (C=O) groups excluding carboxylic acids is 1. The Bertz CT molecular complexity index is 465. The molecule has 5 heteroatoms. The Labute approximate surface area is 133 Å². The summed E-state index contributed by atoms with van der Waals surface area (Å²) in [5.41, 5.74) is 0.708. The zero-order chi connectivity index (χ0) is 14.5. The molecule has 0 radical (unpaired) electrons. The number of hydrogen-bond donors (Lipinski definition) is 1. The van der Waals surface area contributed by atoms with Crippen molar-refractivity contribution in [3.05, 3.63) is 29.8 Å². The molecular weight excluding hydrogens is 288 g/mol. The molecule has 1 N–H and O–H groups in total. The first-order valence-electron chi connectivity index (χ1n) is 7.32. The van der Waals surface area contributed by atoms with Crippen LogP contribution < -0.4 is 10.1 Å². The lowest BCUT2D eigenvalue weighted by Crippen LogP contribution is -2.52. The third kappa shape index (κ3) is 4.90. The van der Waals surface area contributed by atoms with Gasteiger partial charge in [-0.2, -0.15) is 0 Å². The molecule has 0 saturated carbocycles. The van der Waals surface area contributed by atoms with E-state index >= 15 is 0 Å². The van der Waals surface area contributed by atoms with E-state index in [2.05, 4.69) is 26.1 Å². The van der Waals surface area contributed by atoms with Crippen molar-refractivity contribution < 1.29 is 9.53 Å². The molecule has 118 valence electrons. The molecule has 1 saturated heterocycles. The van der Waals surface area contributed by atoms with Crippen LogP contribution >= 0.6 is 12.4 Å². The van der Waals surface area contributed by atoms with E-state index in [9.17, 15) is 4.79 Å². The Hall–Kier alpha value is -1.26. The summed E-state index contributed by atoms with van der Waals surface area (Å²) in [5.74, 6) is 1.34. The van der Waals surface area contributed by atoms with Gasteiger partial charge in [0.2, 0.25) is 0 Å². The van der Waals surface area contributed by atoms with Crippen LogP contribution in [0.5, 0.6) is 5.75 Å². The summed E-state index contributed by atoms with van der Waals surface area (Å²) in [4.78, 5) is 14.5. The summed E-state index contributed by atoms with van der Waals surface area (Å²) in [6.45, 7) is 9.44. The van der Waals surface area contributed by atoms with Crippen molar-refractivity contribution in [2.45, 2.75) is 26.8 Å². The van der Waals surface area contributed by atoms with Gasteiger partial charge in [0.1, 0.15) is 5.75 Å². The van der Waals surface area contributed by atoms with Crippen molar-refractivity contribution in [2.24, 2.45) is 5.92 Å². The van der Waals surface area contributed by atoms with Gasteiger partial charge in [0.25, 0.3) is 5.91 Å². The monoisotopic (exact) mass is 312 g/mol. The number of nitrogens with one attached hydrogen (secondary N) is 1. The minimum Gasteiger partial charge on any atom is -0.493 e. The zero-order valence-electron chi connectivity index (χ0n) is 13.0. The SMILES string of the molecule is CC(C)COc1cccc(C(=O)N2CCNCC2C)c1.Cl. The number of piperazine rings is 1. The lowest BCUT2D eigenvalue weighted by molar-refractivity contribution is 0.0655. The largest absolute Gasteiger partial charge is 0.493 e. The van der Waals surface area contributed by atoms with Gasteiger partial charge in [-0.25, -0.2) is 0 Å². The van der Waals surface area contributed by atoms with Crippen LogP contribution in [-0.2, 0) is 0 Å². The van der Waals surface area contributed by atoms with Gasteiger partial charge in [-0.05, 0) is 31.0 Å². The molecule has 4 nitrogen and oxygen atoms in total. The summed E-state index contributed by atoms with van der Waals surface area (Å²) < 4.78 is 5.69. The van der Waals surface area contributed by atoms with Crippen molar-refractivity contribution in [3.8, 4) is 5.75 Å². The van der Waals surface area contributed by atoms with Gasteiger partial charge in [0, 0.05) is 31.2 Å². The summed E-state index contributed by atoms with van der Waals surface area (Å²) >= 11 is 0. The fourth-order valence-electron chi connectivity index (χ4n) is 2.29. The molecule has 1 aliphatic rings. The first-order chi connectivity index (χ1) is 9.58. The van der Waals surface area contributed by atoms with Crippen LogP contribution in [-0.4, -0.2) is 43.1 Å². The van der Waals surface area contributed by atoms with Gasteiger partial charge in [0.05, 0.1) is 6.61 Å². The number of carbonyl (C=O) groups is 1. The summed E-state index contributed by atoms with van der Waals surface area (Å²) in [6.07, 6.45) is 0. The van der Waals surface area contributed by atoms with Crippen LogP contribution in [0.4, 0.5) is 0 Å². The van der Waals surface area contributed by atoms with Crippen LogP contribution in [0.2, 0.25) is 0 Å². The van der Waals surface area contributed by atoms with Crippen LogP contribution in [0.15, 0.2) is 24.3 Å². The highest BCUT2D eigenvalue weighted by atomic mass is 35.5. The number of hydrogen-bond acceptors (Lipinski definition) is 3. The molecule has 21 heavy (non-hydrogen) atoms. The molecule has 0 bridgehead atoms. The molecule has 1 fully saturated rings. The van der Waals surface area contributed by atoms with Gasteiger partial charge < -0.3 is 15.0 Å². The number of ether oxygens (including phenoxy) is 1. The maximum absolute atomic E-state index is 12.5. The standard InChI is InChI=1S/C16H24N2O2.ClH/c1-12(2)11-20-15-6-4-5-14(9-15)16(19)18-8-7-17-10-13(18)3;/h4-6,9,12-13,17H,7-8,10-11H2,1-3H3;1H. The van der Waals surface area contributed by atoms with Gasteiger partial charge in [-0.1, -0.05) is 19.9 Å². The molecule has 0 aromatic heterocycles. The van der Waals surface area contributed by atoms with Crippen LogP contribution in [0, 0.1) is 5.92 Å². The number of nitrogens with zero attached hydrogens (tertiary/aromatic N) is 1. The predicted molar refractivity (Wildman–Crippen MR) is 87.4 cm³/mol. The maximum atomic E-state index is 12.5. The molecule has 1 aromatic carbocycles. The van der Waals surface area contributed by atoms with Crippen molar-refractivity contribution in [1.82, 2.24) is 10.2 Å². The second kappa shape index (κ2) is 8.25. The second-order valence-electron chi connectivity index (χ2n) is 5.78. The first kappa shape index (κ1) is 17.8. The van der Waals surface area contributed by atoms with E-state index in [4.69, 9.17) is 4.74 Å². The lowest BCUT2D eigenvalue weighted by atomic mass is 10.1. The topological polar surface area (TPSA) is 41.6 Å². The van der Waals surface area contributed by atoms with Crippen molar-refractivity contribution in [2.75, 3.05) is 26.2 Å². The second-order valence-corrected chi connectivity index (χ2v) is 5.78. The van der Waals surface area contributed by atoms with E-state index in [1.54, 1.807) is 0 Å². The van der Waals surface area contributed by atoms with E-state index in [0.717, 1.165) is 25.4 Å². The Balaban J connectivity index is 0.00000220. The average Bonchev–Trinajstić information content (AvgIpc) is 2.45. The third-order valence-corrected chi connectivity index (χ3v) is 3.43. The summed E-state index contributed by atoms with van der Waals surface area (Å²) in [7, 11) is 0. The summed E-state index contributed by atoms with van der Waals surface area (Å²) in [6, 6.07) is 7.73. The van der Waals surface area contributed by atoms with Crippen LogP contribution in [0.1, 0.15) is 31.1 Å². The molecule has 1 aromatic rings. The third-order valence-electron chi connectivity index (χ3n) is 3.43. The lowest BCUT2D eigenvalue weighted by Gasteiger charge is -2.34. The Morgan fingerprint density at radius 1 is 1.48 bits per heavy atom. The number of amides is 1. The van der Waals surface area contributed by atoms with E-state index in [1.165, 1.54) is 0 Å². The van der Waals surface area contributed by atoms with E-state index in [1.807, 2.05) is 29.2 Å². The predicted octanol–water partition coefficient (Wildman–Crippen LogP) is 2.58. The Morgan fingerprint density at radius 3 is 2.90 bits per heavy atom. The van der Waals surface area contributed by atoms with Gasteiger partial charge in [0.15, 0.2) is 0 Å². The molecular formula is C16H25ClN2O2. The minimum absolute atomic E-state index is 0. The normalized spacial score (nSPS) is 18.3. The fourth-order valence-corrected chi connectivity index (χ4v) is 2.29. The van der Waals surface area contributed by atoms with Crippen molar-refractivity contribution in [1.29, 1.82) is 0 Å². The molecule has 1 aliphatic heterocycles. The van der Waals surface area contributed by atoms with E-state index < -0.39 is 0 Å². The Kier molecular flexibility index (Phi) is 6.99. The van der Waals surface area contributed by atoms with Gasteiger partial charge in [-0.3, -0.25) is 4.79 Å². The van der Waals surface area contributed by atoms with Crippen molar-refractivity contribution in [3.63, 3.8) is 0 Å². The first-order valence-corrected chi connectivity index (χ1v) is 7.32. The maximum Gasteiger partial charge on any atom is 0.254 e. The molecule has 1 amide bonds. The van der Waals surface area contributed by atoms with Gasteiger partial charge >= 0.3 is 0 Å². The van der Waals surface area contributed by atoms with Gasteiger partial charge in [-0.15, -0.1) is 12.4 Å². The van der Waals surface area contributed by atoms with Crippen LogP contribution in [0.3, 0.4) is 0 Å².